The Kier molecular flexibility index (Phi) is 11.4. The van der Waals surface area contributed by atoms with Gasteiger partial charge in [-0.15, -0.1) is 23.2 Å². The minimum absolute atomic E-state index is 0. The summed E-state index contributed by atoms with van der Waals surface area (Å²) in [6, 6.07) is 13.2. The predicted molar refractivity (Wildman–Crippen MR) is 116 cm³/mol. The zero-order valence-electron chi connectivity index (χ0n) is 17.4. The first-order valence-corrected chi connectivity index (χ1v) is 10.5. The quantitative estimate of drug-likeness (QED) is 0.321. The number of benzene rings is 2. The van der Waals surface area contributed by atoms with Crippen LogP contribution in [-0.2, 0) is 65.0 Å². The monoisotopic (exact) mass is 681 g/mol. The molecule has 1 radical (unpaired) electrons. The molecule has 5 nitrogen and oxygen atoms in total. The number of fused-ring (bicyclic) bond motifs is 1. The zero-order chi connectivity index (χ0) is 19.7. The number of hydrogen-bond acceptors (Lipinski definition) is 3. The van der Waals surface area contributed by atoms with E-state index in [0.29, 0.717) is 11.4 Å². The van der Waals surface area contributed by atoms with Crippen molar-refractivity contribution in [2.45, 2.75) is 38.0 Å². The first-order chi connectivity index (χ1) is 13.5. The van der Waals surface area contributed by atoms with Gasteiger partial charge in [0.25, 0.3) is 5.91 Å². The second-order valence-corrected chi connectivity index (χ2v) is 7.94. The van der Waals surface area contributed by atoms with Crippen LogP contribution < -0.4 is 9.71 Å². The van der Waals surface area contributed by atoms with Crippen molar-refractivity contribution in [1.29, 1.82) is 0 Å². The van der Waals surface area contributed by atoms with Gasteiger partial charge in [-0.3, -0.25) is 13.7 Å². The molecular weight excluding hydrogens is 657 g/mol. The van der Waals surface area contributed by atoms with Crippen LogP contribution in [0.4, 0.5) is 0 Å². The molecule has 161 valence electrons. The molecule has 1 heterocycles. The average Bonchev–Trinajstić information content (AvgIpc) is 3.07. The first kappa shape index (κ1) is 28.3. The molecule has 31 heavy (non-hydrogen) atoms. The predicted octanol–water partition coefficient (Wildman–Crippen LogP) is 4.66. The van der Waals surface area contributed by atoms with E-state index in [1.807, 2.05) is 35.1 Å². The van der Waals surface area contributed by atoms with E-state index in [2.05, 4.69) is 6.92 Å². The van der Waals surface area contributed by atoms with Crippen molar-refractivity contribution >= 4 is 28.1 Å². The summed E-state index contributed by atoms with van der Waals surface area (Å²) < 4.78 is 23.4. The van der Waals surface area contributed by atoms with Gasteiger partial charge in [-0.05, 0) is 30.2 Å². The Morgan fingerprint density at radius 1 is 1.13 bits per heavy atom. The second kappa shape index (κ2) is 12.5. The minimum atomic E-state index is -2.64. The molecule has 2 aromatic carbocycles. The number of carbonyl (C=O) groups is 1. The smallest absolute Gasteiger partial charge is 0.755 e. The van der Waals surface area contributed by atoms with E-state index < -0.39 is 17.2 Å². The van der Waals surface area contributed by atoms with Crippen molar-refractivity contribution in [3.05, 3.63) is 73.5 Å². The Morgan fingerprint density at radius 2 is 1.81 bits per heavy atom. The van der Waals surface area contributed by atoms with Crippen LogP contribution in [0.3, 0.4) is 0 Å². The van der Waals surface area contributed by atoms with Gasteiger partial charge in [0.15, 0.2) is 0 Å². The van der Waals surface area contributed by atoms with Crippen LogP contribution in [0.15, 0.2) is 42.5 Å². The van der Waals surface area contributed by atoms with E-state index in [4.69, 9.17) is 4.98 Å². The van der Waals surface area contributed by atoms with Crippen molar-refractivity contribution in [2.75, 3.05) is 0 Å². The number of hydrogen-bond donors (Lipinski definition) is 1. The maximum Gasteiger partial charge on any atom is 2.00 e. The van der Waals surface area contributed by atoms with Crippen molar-refractivity contribution in [3.63, 3.8) is 0 Å². The Hall–Kier alpha value is -0.778. The maximum atomic E-state index is 12.1. The average molecular weight is 681 g/mol. The van der Waals surface area contributed by atoms with Gasteiger partial charge in [0.1, 0.15) is 0 Å². The van der Waals surface area contributed by atoms with Crippen LogP contribution in [0, 0.1) is 14.4 Å². The van der Waals surface area contributed by atoms with E-state index in [9.17, 15) is 13.6 Å². The summed E-state index contributed by atoms with van der Waals surface area (Å²) >= 11 is -2.64. The summed E-state index contributed by atoms with van der Waals surface area (Å²) in [4.78, 5) is 16.9. The topological polar surface area (TPSA) is 83.3 Å². The van der Waals surface area contributed by atoms with E-state index in [0.717, 1.165) is 35.0 Å². The van der Waals surface area contributed by atoms with E-state index in [1.165, 1.54) is 24.8 Å². The van der Waals surface area contributed by atoms with Gasteiger partial charge >= 0.3 is 21.1 Å². The fourth-order valence-corrected chi connectivity index (χ4v) is 4.47. The fraction of sp³-hybridized carbons (Fsp3) is 0.261. The standard InChI is InChI=1S/C22H23N2O3S.CH3.W.Y/c1-14-7-5-6-10-17(14)21-20(15-8-3-2-4-9-15)18-12-11-16(13-19(18)23-21)22(25)24-28(26)27;;;/h5-7,10-13,15H,1-4,8-9H2,(H3,23,24,25,26,27);1H3;;/q2*-1;+2;/p-2. The molecule has 3 aromatic rings. The van der Waals surface area contributed by atoms with Crippen LogP contribution in [-0.4, -0.2) is 14.7 Å². The van der Waals surface area contributed by atoms with Gasteiger partial charge in [-0.2, -0.15) is 24.2 Å². The van der Waals surface area contributed by atoms with Gasteiger partial charge in [-0.25, -0.2) is 0 Å². The maximum absolute atomic E-state index is 12.1. The summed E-state index contributed by atoms with van der Waals surface area (Å²) in [6.45, 7) is 4.16. The molecule has 1 aliphatic carbocycles. The molecule has 1 fully saturated rings. The third-order valence-corrected chi connectivity index (χ3v) is 5.85. The molecule has 1 unspecified atom stereocenters. The number of nitrogens with zero attached hydrogens (tertiary/aromatic N) is 1. The Balaban J connectivity index is 0.00000160. The summed E-state index contributed by atoms with van der Waals surface area (Å²) in [5.74, 6) is -0.223. The van der Waals surface area contributed by atoms with Crippen molar-refractivity contribution in [2.24, 2.45) is 0 Å². The molecule has 8 heteroatoms. The number of aromatic nitrogens is 1. The molecule has 0 bridgehead atoms. The van der Waals surface area contributed by atoms with Crippen molar-refractivity contribution < 1.29 is 67.3 Å². The summed E-state index contributed by atoms with van der Waals surface area (Å²) in [7, 11) is 0. The molecule has 1 amide bonds. The van der Waals surface area contributed by atoms with Crippen LogP contribution >= 0.6 is 0 Å². The Labute approximate surface area is 226 Å². The zero-order valence-corrected chi connectivity index (χ0v) is 24.0. The van der Waals surface area contributed by atoms with Crippen LogP contribution in [0.2, 0.25) is 0 Å². The van der Waals surface area contributed by atoms with Crippen LogP contribution in [0.1, 0.15) is 59.5 Å². The summed E-state index contributed by atoms with van der Waals surface area (Å²) in [5.41, 5.74) is 5.07. The summed E-state index contributed by atoms with van der Waals surface area (Å²) in [5, 5.41) is 1.03. The van der Waals surface area contributed by atoms with Gasteiger partial charge in [-0.1, -0.05) is 43.0 Å². The van der Waals surface area contributed by atoms with E-state index >= 15 is 0 Å². The normalized spacial score (nSPS) is 14.6. The molecule has 0 spiro atoms. The van der Waals surface area contributed by atoms with Gasteiger partial charge in [0.2, 0.25) is 0 Å². The second-order valence-electron chi connectivity index (χ2n) is 7.26. The van der Waals surface area contributed by atoms with Gasteiger partial charge in [0, 0.05) is 49.5 Å². The largest absolute Gasteiger partial charge is 2.00 e. The molecule has 0 aliphatic heterocycles. The van der Waals surface area contributed by atoms with Crippen LogP contribution in [0.25, 0.3) is 22.2 Å². The number of nitrogens with one attached hydrogen (secondary N) is 1. The summed E-state index contributed by atoms with van der Waals surface area (Å²) in [6.07, 6.45) is 5.94. The van der Waals surface area contributed by atoms with E-state index in [-0.39, 0.29) is 66.8 Å². The molecular formula is C23H24N2O3SWY-2. The van der Waals surface area contributed by atoms with Crippen LogP contribution in [0.5, 0.6) is 0 Å². The first-order valence-electron chi connectivity index (χ1n) is 9.46. The number of carbonyl (C=O) groups excluding carboxylic acids is 1. The number of amides is 1. The third-order valence-electron chi connectivity index (χ3n) is 5.50. The molecule has 4 rings (SSSR count). The Morgan fingerprint density at radius 3 is 2.45 bits per heavy atom. The molecule has 1 saturated carbocycles. The van der Waals surface area contributed by atoms with Crippen molar-refractivity contribution in [3.8, 4) is 11.3 Å². The Bertz CT molecular complexity index is 1060. The fourth-order valence-electron chi connectivity index (χ4n) is 4.20. The van der Waals surface area contributed by atoms with Gasteiger partial charge in [0.05, 0.1) is 0 Å². The molecule has 1 N–H and O–H groups in total. The molecule has 1 atom stereocenters. The molecule has 1 aliphatic rings. The van der Waals surface area contributed by atoms with Gasteiger partial charge < -0.3 is 17.0 Å². The molecule has 1 aromatic heterocycles. The third kappa shape index (κ3) is 6.17. The SMILES string of the molecule is [CH2-]c1ccccc1-c1[n-]c2cc(C(=O)NS(=O)[O-])ccc2c1C1CCCCC1.[CH3-].[W+2].[Y]. The van der Waals surface area contributed by atoms with Crippen molar-refractivity contribution in [1.82, 2.24) is 9.71 Å². The minimum Gasteiger partial charge on any atom is -0.755 e. The number of rotatable bonds is 4. The molecule has 0 saturated heterocycles. The van der Waals surface area contributed by atoms with E-state index in [1.54, 1.807) is 12.1 Å².